The highest BCUT2D eigenvalue weighted by atomic mass is 32.1. The molecule has 1 heterocycles. The molecule has 4 nitrogen and oxygen atoms in total. The van der Waals surface area contributed by atoms with Crippen LogP contribution in [0.3, 0.4) is 0 Å². The van der Waals surface area contributed by atoms with Gasteiger partial charge in [-0.3, -0.25) is 0 Å². The molecule has 5 heteroatoms. The van der Waals surface area contributed by atoms with Crippen LogP contribution in [0.4, 0.5) is 10.8 Å². The van der Waals surface area contributed by atoms with Crippen molar-refractivity contribution in [2.45, 2.75) is 13.8 Å². The van der Waals surface area contributed by atoms with Crippen molar-refractivity contribution in [3.8, 4) is 0 Å². The van der Waals surface area contributed by atoms with Crippen LogP contribution in [-0.4, -0.2) is 24.6 Å². The lowest BCUT2D eigenvalue weighted by atomic mass is 10.3. The number of methoxy groups -OCH3 is 1. The number of hydrogen-bond donors (Lipinski definition) is 0. The quantitative estimate of drug-likeness (QED) is 0.803. The van der Waals surface area contributed by atoms with Gasteiger partial charge in [-0.25, -0.2) is 9.78 Å². The molecular weight excluding hydrogens is 260 g/mol. The highest BCUT2D eigenvalue weighted by Gasteiger charge is 2.19. The smallest absolute Gasteiger partial charge is 0.350 e. The van der Waals surface area contributed by atoms with Gasteiger partial charge in [0.05, 0.1) is 12.8 Å². The van der Waals surface area contributed by atoms with Crippen LogP contribution in [0.2, 0.25) is 0 Å². The van der Waals surface area contributed by atoms with E-state index in [1.54, 1.807) is 0 Å². The summed E-state index contributed by atoms with van der Waals surface area (Å²) in [7, 11) is 1.38. The number of carbonyl (C=O) groups is 1. The van der Waals surface area contributed by atoms with E-state index in [1.807, 2.05) is 37.3 Å². The van der Waals surface area contributed by atoms with Gasteiger partial charge in [0, 0.05) is 12.2 Å². The molecule has 0 saturated carbocycles. The van der Waals surface area contributed by atoms with Gasteiger partial charge >= 0.3 is 5.97 Å². The third kappa shape index (κ3) is 2.76. The Balaban J connectivity index is 2.37. The molecule has 0 atom stereocenters. The normalized spacial score (nSPS) is 10.3. The minimum Gasteiger partial charge on any atom is -0.465 e. The van der Waals surface area contributed by atoms with Gasteiger partial charge in [-0.2, -0.15) is 0 Å². The first-order valence-electron chi connectivity index (χ1n) is 6.05. The number of nitrogens with zero attached hydrogens (tertiary/aromatic N) is 2. The molecule has 1 aromatic heterocycles. The molecule has 0 fully saturated rings. The van der Waals surface area contributed by atoms with Gasteiger partial charge in [0.1, 0.15) is 4.88 Å². The molecule has 0 amide bonds. The first-order valence-corrected chi connectivity index (χ1v) is 6.87. The molecule has 0 bridgehead atoms. The number of ether oxygens (including phenoxy) is 1. The molecule has 0 saturated heterocycles. The molecule has 0 N–H and O–H groups in total. The lowest BCUT2D eigenvalue weighted by Crippen LogP contribution is -2.15. The third-order valence-electron chi connectivity index (χ3n) is 2.77. The zero-order chi connectivity index (χ0) is 13.8. The van der Waals surface area contributed by atoms with Crippen molar-refractivity contribution in [1.29, 1.82) is 0 Å². The summed E-state index contributed by atoms with van der Waals surface area (Å²) in [4.78, 5) is 18.7. The van der Waals surface area contributed by atoms with Crippen LogP contribution in [0.5, 0.6) is 0 Å². The van der Waals surface area contributed by atoms with Crippen molar-refractivity contribution in [3.05, 3.63) is 40.9 Å². The Hall–Kier alpha value is -1.88. The Bertz CT molecular complexity index is 566. The summed E-state index contributed by atoms with van der Waals surface area (Å²) in [6, 6.07) is 10.00. The molecule has 0 radical (unpaired) electrons. The van der Waals surface area contributed by atoms with E-state index in [4.69, 9.17) is 4.74 Å². The number of esters is 1. The molecule has 2 rings (SSSR count). The van der Waals surface area contributed by atoms with Gasteiger partial charge < -0.3 is 9.64 Å². The van der Waals surface area contributed by atoms with E-state index in [0.717, 1.165) is 17.4 Å². The Morgan fingerprint density at radius 1 is 1.37 bits per heavy atom. The molecule has 1 aromatic carbocycles. The minimum atomic E-state index is -0.328. The van der Waals surface area contributed by atoms with E-state index >= 15 is 0 Å². The maximum atomic E-state index is 11.6. The summed E-state index contributed by atoms with van der Waals surface area (Å²) in [5, 5.41) is 0.812. The van der Waals surface area contributed by atoms with Gasteiger partial charge in [0.25, 0.3) is 0 Å². The fraction of sp³-hybridized carbons (Fsp3) is 0.286. The number of rotatable bonds is 4. The number of aromatic nitrogens is 1. The van der Waals surface area contributed by atoms with Crippen LogP contribution < -0.4 is 4.90 Å². The molecule has 100 valence electrons. The molecule has 0 aliphatic carbocycles. The van der Waals surface area contributed by atoms with Crippen molar-refractivity contribution in [3.63, 3.8) is 0 Å². The fourth-order valence-corrected chi connectivity index (χ4v) is 2.89. The number of para-hydroxylation sites is 1. The maximum absolute atomic E-state index is 11.6. The monoisotopic (exact) mass is 276 g/mol. The second-order valence-corrected chi connectivity index (χ2v) is 4.96. The summed E-state index contributed by atoms with van der Waals surface area (Å²) in [6.45, 7) is 4.67. The molecule has 2 aromatic rings. The summed E-state index contributed by atoms with van der Waals surface area (Å²) < 4.78 is 4.76. The van der Waals surface area contributed by atoms with Crippen molar-refractivity contribution in [2.24, 2.45) is 0 Å². The fourth-order valence-electron chi connectivity index (χ4n) is 1.82. The largest absolute Gasteiger partial charge is 0.465 e. The van der Waals surface area contributed by atoms with Gasteiger partial charge in [0.15, 0.2) is 5.13 Å². The van der Waals surface area contributed by atoms with E-state index in [0.29, 0.717) is 10.6 Å². The molecule has 0 unspecified atom stereocenters. The van der Waals surface area contributed by atoms with Crippen LogP contribution in [0.25, 0.3) is 0 Å². The second-order valence-electron chi connectivity index (χ2n) is 3.98. The molecule has 0 aliphatic heterocycles. The third-order valence-corrected chi connectivity index (χ3v) is 3.93. The average Bonchev–Trinajstić information content (AvgIpc) is 2.82. The number of anilines is 2. The van der Waals surface area contributed by atoms with Gasteiger partial charge in [-0.05, 0) is 26.0 Å². The molecule has 0 spiro atoms. The van der Waals surface area contributed by atoms with Crippen LogP contribution in [0, 0.1) is 6.92 Å². The zero-order valence-electron chi connectivity index (χ0n) is 11.2. The van der Waals surface area contributed by atoms with Gasteiger partial charge in [-0.1, -0.05) is 29.5 Å². The maximum Gasteiger partial charge on any atom is 0.350 e. The number of aryl methyl sites for hydroxylation is 1. The predicted molar refractivity (Wildman–Crippen MR) is 77.3 cm³/mol. The number of hydrogen-bond acceptors (Lipinski definition) is 5. The Morgan fingerprint density at radius 3 is 2.63 bits per heavy atom. The summed E-state index contributed by atoms with van der Waals surface area (Å²) >= 11 is 1.36. The van der Waals surface area contributed by atoms with Crippen molar-refractivity contribution in [1.82, 2.24) is 4.98 Å². The Kier molecular flexibility index (Phi) is 4.16. The highest BCUT2D eigenvalue weighted by Crippen LogP contribution is 2.31. The van der Waals surface area contributed by atoms with Crippen LogP contribution in [-0.2, 0) is 4.74 Å². The standard InChI is InChI=1S/C14H16N2O2S/c1-4-16(11-8-6-5-7-9-11)14-15-10(2)12(19-14)13(17)18-3/h5-9H,4H2,1-3H3. The van der Waals surface area contributed by atoms with Gasteiger partial charge in [-0.15, -0.1) is 0 Å². The van der Waals surface area contributed by atoms with Crippen molar-refractivity contribution < 1.29 is 9.53 Å². The number of carbonyl (C=O) groups excluding carboxylic acids is 1. The topological polar surface area (TPSA) is 42.4 Å². The van der Waals surface area contributed by atoms with Crippen molar-refractivity contribution >= 4 is 28.1 Å². The summed E-state index contributed by atoms with van der Waals surface area (Å²) in [6.07, 6.45) is 0. The Morgan fingerprint density at radius 2 is 2.05 bits per heavy atom. The summed E-state index contributed by atoms with van der Waals surface area (Å²) in [5.41, 5.74) is 1.77. The first-order chi connectivity index (χ1) is 9.17. The zero-order valence-corrected chi connectivity index (χ0v) is 12.0. The minimum absolute atomic E-state index is 0.328. The number of thiazole rings is 1. The van der Waals surface area contributed by atoms with Crippen LogP contribution in [0.15, 0.2) is 30.3 Å². The molecule has 0 aliphatic rings. The van der Waals surface area contributed by atoms with Crippen LogP contribution in [0.1, 0.15) is 22.3 Å². The van der Waals surface area contributed by atoms with E-state index in [2.05, 4.69) is 16.8 Å². The van der Waals surface area contributed by atoms with E-state index in [1.165, 1.54) is 18.4 Å². The van der Waals surface area contributed by atoms with Gasteiger partial charge in [0.2, 0.25) is 0 Å². The highest BCUT2D eigenvalue weighted by molar-refractivity contribution is 7.17. The Labute approximate surface area is 116 Å². The lowest BCUT2D eigenvalue weighted by molar-refractivity contribution is 0.0605. The second kappa shape index (κ2) is 5.84. The predicted octanol–water partition coefficient (Wildman–Crippen LogP) is 3.40. The molecule has 19 heavy (non-hydrogen) atoms. The first kappa shape index (κ1) is 13.5. The van der Waals surface area contributed by atoms with Crippen LogP contribution >= 0.6 is 11.3 Å². The summed E-state index contributed by atoms with van der Waals surface area (Å²) in [5.74, 6) is -0.328. The van der Waals surface area contributed by atoms with E-state index in [9.17, 15) is 4.79 Å². The van der Waals surface area contributed by atoms with Crippen molar-refractivity contribution in [2.75, 3.05) is 18.6 Å². The number of benzene rings is 1. The molecular formula is C14H16N2O2S. The SMILES string of the molecule is CCN(c1ccccc1)c1nc(C)c(C(=O)OC)s1. The van der Waals surface area contributed by atoms with E-state index in [-0.39, 0.29) is 5.97 Å². The lowest BCUT2D eigenvalue weighted by Gasteiger charge is -2.19. The van der Waals surface area contributed by atoms with E-state index < -0.39 is 0 Å². The average molecular weight is 276 g/mol.